The van der Waals surface area contributed by atoms with Gasteiger partial charge in [-0.2, -0.15) is 0 Å². The average Bonchev–Trinajstić information content (AvgIpc) is 3.03. The van der Waals surface area contributed by atoms with E-state index in [0.717, 1.165) is 10.7 Å². The molecule has 2 aliphatic rings. The molecule has 1 unspecified atom stereocenters. The minimum Gasteiger partial charge on any atom is -0.300 e. The van der Waals surface area contributed by atoms with Gasteiger partial charge >= 0.3 is 0 Å². The number of benzene rings is 4. The predicted molar refractivity (Wildman–Crippen MR) is 135 cm³/mol. The van der Waals surface area contributed by atoms with Gasteiger partial charge in [0.1, 0.15) is 0 Å². The van der Waals surface area contributed by atoms with Crippen LogP contribution in [0.2, 0.25) is 0 Å². The van der Waals surface area contributed by atoms with E-state index >= 15 is 4.57 Å². The molecule has 158 valence electrons. The van der Waals surface area contributed by atoms with E-state index in [1.807, 2.05) is 0 Å². The van der Waals surface area contributed by atoms with Crippen LogP contribution in [0, 0.1) is 0 Å². The van der Waals surface area contributed by atoms with Crippen LogP contribution < -0.4 is 5.30 Å². The Morgan fingerprint density at radius 2 is 1.50 bits per heavy atom. The average molecular weight is 436 g/mol. The van der Waals surface area contributed by atoms with Crippen molar-refractivity contribution in [3.63, 3.8) is 0 Å². The van der Waals surface area contributed by atoms with E-state index in [9.17, 15) is 0 Å². The first-order chi connectivity index (χ1) is 15.5. The molecule has 0 N–H and O–H groups in total. The number of allylic oxidation sites excluding steroid dienone is 1. The molecule has 0 amide bonds. The maximum Gasteiger partial charge on any atom is 0.188 e. The maximum absolute atomic E-state index is 15.3. The number of hydrogen-bond donors (Lipinski definition) is 0. The van der Waals surface area contributed by atoms with Crippen LogP contribution in [0.4, 0.5) is 0 Å². The lowest BCUT2D eigenvalue weighted by Crippen LogP contribution is -2.33. The quantitative estimate of drug-likeness (QED) is 0.316. The molecule has 0 aromatic heterocycles. The van der Waals surface area contributed by atoms with Gasteiger partial charge in [-0.1, -0.05) is 97.1 Å². The summed E-state index contributed by atoms with van der Waals surface area (Å²) in [7, 11) is -0.929. The van der Waals surface area contributed by atoms with Crippen molar-refractivity contribution >= 4 is 29.4 Å². The fraction of sp³-hybridized carbons (Fsp3) is 0.172. The Morgan fingerprint density at radius 3 is 2.31 bits per heavy atom. The van der Waals surface area contributed by atoms with Crippen LogP contribution in [0.3, 0.4) is 0 Å². The molecule has 1 heterocycles. The molecule has 4 aromatic carbocycles. The predicted octanol–water partition coefficient (Wildman–Crippen LogP) is 7.00. The third kappa shape index (κ3) is 2.54. The van der Waals surface area contributed by atoms with Crippen molar-refractivity contribution in [2.75, 3.05) is 7.05 Å². The molecule has 1 saturated heterocycles. The molecule has 6 rings (SSSR count). The highest BCUT2D eigenvalue weighted by Crippen LogP contribution is 2.76. The Hall–Kier alpha value is -2.93. The molecule has 0 bridgehead atoms. The lowest BCUT2D eigenvalue weighted by Gasteiger charge is -2.38. The second-order valence-corrected chi connectivity index (χ2v) is 12.5. The molecule has 1 aliphatic heterocycles. The van der Waals surface area contributed by atoms with E-state index in [2.05, 4.69) is 128 Å². The van der Waals surface area contributed by atoms with Gasteiger partial charge in [-0.05, 0) is 53.6 Å². The van der Waals surface area contributed by atoms with Crippen LogP contribution in [0.1, 0.15) is 35.6 Å². The number of rotatable bonds is 2. The first kappa shape index (κ1) is 19.7. The van der Waals surface area contributed by atoms with E-state index in [1.54, 1.807) is 0 Å². The summed E-state index contributed by atoms with van der Waals surface area (Å²) >= 11 is 0. The molecule has 2 nitrogen and oxygen atoms in total. The van der Waals surface area contributed by atoms with E-state index in [1.165, 1.54) is 22.1 Å². The number of hydrogen-bond acceptors (Lipinski definition) is 1. The van der Waals surface area contributed by atoms with Gasteiger partial charge < -0.3 is 4.57 Å². The summed E-state index contributed by atoms with van der Waals surface area (Å²) in [6.07, 6.45) is 4.41. The first-order valence-electron chi connectivity index (χ1n) is 11.2. The van der Waals surface area contributed by atoms with E-state index < -0.39 is 12.4 Å². The van der Waals surface area contributed by atoms with Crippen LogP contribution in [0.5, 0.6) is 0 Å². The van der Waals surface area contributed by atoms with Crippen molar-refractivity contribution < 1.29 is 4.57 Å². The fourth-order valence-corrected chi connectivity index (χ4v) is 9.76. The van der Waals surface area contributed by atoms with E-state index in [0.29, 0.717) is 0 Å². The zero-order valence-electron chi connectivity index (χ0n) is 18.3. The van der Waals surface area contributed by atoms with Crippen molar-refractivity contribution in [2.24, 2.45) is 0 Å². The fourth-order valence-electron chi connectivity index (χ4n) is 6.02. The highest BCUT2D eigenvalue weighted by molar-refractivity contribution is 7.71. The van der Waals surface area contributed by atoms with Crippen LogP contribution in [-0.4, -0.2) is 16.9 Å². The lowest BCUT2D eigenvalue weighted by molar-refractivity contribution is 0.364. The molecule has 0 spiro atoms. The highest BCUT2D eigenvalue weighted by atomic mass is 31.2. The van der Waals surface area contributed by atoms with Gasteiger partial charge in [0.15, 0.2) is 7.29 Å². The van der Waals surface area contributed by atoms with Crippen molar-refractivity contribution in [1.29, 1.82) is 0 Å². The lowest BCUT2D eigenvalue weighted by atomic mass is 9.73. The smallest absolute Gasteiger partial charge is 0.188 e. The van der Waals surface area contributed by atoms with Gasteiger partial charge in [-0.3, -0.25) is 0 Å². The summed E-state index contributed by atoms with van der Waals surface area (Å²) in [5, 5.41) is 2.75. The number of fused-ring (bicyclic) bond motifs is 4. The minimum absolute atomic E-state index is 0.0320. The zero-order chi connectivity index (χ0) is 21.9. The third-order valence-corrected chi connectivity index (χ3v) is 11.4. The van der Waals surface area contributed by atoms with Crippen molar-refractivity contribution in [1.82, 2.24) is 4.67 Å². The summed E-state index contributed by atoms with van der Waals surface area (Å²) in [5.74, 6) is 0.105. The SMILES string of the molecule is CN1[C@@H](c2ccccc2)[C@@H]2c3ccccc3C=C[C@]2(C)P1(=O)c1ccc2ccccc2c1. The summed E-state index contributed by atoms with van der Waals surface area (Å²) in [6, 6.07) is 33.9. The molecular weight excluding hydrogens is 409 g/mol. The summed E-state index contributed by atoms with van der Waals surface area (Å²) in [5.41, 5.74) is 3.74. The molecule has 32 heavy (non-hydrogen) atoms. The Kier molecular flexibility index (Phi) is 4.34. The molecule has 4 aromatic rings. The second kappa shape index (κ2) is 7.04. The molecule has 0 saturated carbocycles. The molecule has 1 aliphatic carbocycles. The van der Waals surface area contributed by atoms with Crippen LogP contribution in [-0.2, 0) is 4.57 Å². The number of nitrogens with zero attached hydrogens (tertiary/aromatic N) is 1. The van der Waals surface area contributed by atoms with Crippen LogP contribution in [0.15, 0.2) is 103 Å². The molecule has 4 atom stereocenters. The Labute approximate surface area is 189 Å². The largest absolute Gasteiger partial charge is 0.300 e. The Bertz CT molecular complexity index is 1410. The Balaban J connectivity index is 1.63. The summed E-state index contributed by atoms with van der Waals surface area (Å²) in [6.45, 7) is 2.21. The normalized spacial score (nSPS) is 29.1. The maximum atomic E-state index is 15.3. The standard InChI is InChI=1S/C29H26NOP/c1-29-19-18-22-11-8-9-15-26(22)27(29)28(23-12-4-3-5-13-23)30(2)32(29,31)25-17-16-21-10-6-7-14-24(21)20-25/h3-20,27-28H,1-2H3/t27-,28-,29-,32?/m0/s1. The molecule has 3 heteroatoms. The second-order valence-electron chi connectivity index (χ2n) is 9.20. The topological polar surface area (TPSA) is 20.3 Å². The molecular formula is C29H26NOP. The van der Waals surface area contributed by atoms with Crippen molar-refractivity contribution in [3.05, 3.63) is 120 Å². The van der Waals surface area contributed by atoms with Crippen LogP contribution >= 0.6 is 7.29 Å². The van der Waals surface area contributed by atoms with E-state index in [4.69, 9.17) is 0 Å². The third-order valence-electron chi connectivity index (χ3n) is 7.60. The van der Waals surface area contributed by atoms with Crippen molar-refractivity contribution in [2.45, 2.75) is 24.0 Å². The monoisotopic (exact) mass is 435 g/mol. The van der Waals surface area contributed by atoms with Gasteiger partial charge in [-0.25, -0.2) is 4.67 Å². The van der Waals surface area contributed by atoms with Gasteiger partial charge in [0.25, 0.3) is 0 Å². The Morgan fingerprint density at radius 1 is 0.812 bits per heavy atom. The van der Waals surface area contributed by atoms with Crippen molar-refractivity contribution in [3.8, 4) is 0 Å². The van der Waals surface area contributed by atoms with Crippen LogP contribution in [0.25, 0.3) is 16.8 Å². The zero-order valence-corrected chi connectivity index (χ0v) is 19.2. The summed E-state index contributed by atoms with van der Waals surface area (Å²) in [4.78, 5) is 0. The van der Waals surface area contributed by atoms with Gasteiger partial charge in [0.2, 0.25) is 0 Å². The van der Waals surface area contributed by atoms with E-state index in [-0.39, 0.29) is 12.0 Å². The van der Waals surface area contributed by atoms with Gasteiger partial charge in [0, 0.05) is 17.3 Å². The summed E-state index contributed by atoms with van der Waals surface area (Å²) < 4.78 is 17.5. The van der Waals surface area contributed by atoms with Gasteiger partial charge in [0.05, 0.1) is 5.16 Å². The molecule has 1 fully saturated rings. The minimum atomic E-state index is -2.99. The molecule has 0 radical (unpaired) electrons. The highest BCUT2D eigenvalue weighted by Gasteiger charge is 2.63. The number of likely N-dealkylation sites (N-methyl/N-ethyl adjacent to an activating group) is 1. The van der Waals surface area contributed by atoms with Gasteiger partial charge in [-0.15, -0.1) is 0 Å². The first-order valence-corrected chi connectivity index (χ1v) is 12.9.